The lowest BCUT2D eigenvalue weighted by Crippen LogP contribution is -2.57. The molecule has 8 nitrogen and oxygen atoms in total. The Bertz CT molecular complexity index is 1050. The minimum atomic E-state index is -3.68. The molecule has 32 heavy (non-hydrogen) atoms. The Morgan fingerprint density at radius 1 is 1.25 bits per heavy atom. The third kappa shape index (κ3) is 6.41. The fraction of sp³-hybridized carbons (Fsp3) is 0.429. The molecule has 0 aliphatic carbocycles. The molecule has 0 radical (unpaired) electrons. The summed E-state index contributed by atoms with van der Waals surface area (Å²) in [5.41, 5.74) is 1.77. The predicted octanol–water partition coefficient (Wildman–Crippen LogP) is 3.26. The Labute approximate surface area is 201 Å². The van der Waals surface area contributed by atoms with Crippen LogP contribution in [0.1, 0.15) is 24.1 Å². The third-order valence-electron chi connectivity index (χ3n) is 5.33. The monoisotopic (exact) mass is 545 g/mol. The van der Waals surface area contributed by atoms with E-state index < -0.39 is 22.2 Å². The van der Waals surface area contributed by atoms with Gasteiger partial charge in [0.25, 0.3) is 10.1 Å². The fourth-order valence-corrected chi connectivity index (χ4v) is 5.07. The van der Waals surface area contributed by atoms with Gasteiger partial charge in [0.2, 0.25) is 5.91 Å². The number of aromatic nitrogens is 1. The van der Waals surface area contributed by atoms with Crippen molar-refractivity contribution in [3.05, 3.63) is 57.3 Å². The van der Waals surface area contributed by atoms with Crippen LogP contribution in [0.5, 0.6) is 5.75 Å². The lowest BCUT2D eigenvalue weighted by molar-refractivity contribution is -0.137. The highest BCUT2D eigenvalue weighted by Crippen LogP contribution is 2.35. The lowest BCUT2D eigenvalue weighted by Gasteiger charge is -2.47. The molecule has 0 unspecified atom stereocenters. The highest BCUT2D eigenvalue weighted by atomic mass is 79.9. The molecule has 0 spiro atoms. The fourth-order valence-electron chi connectivity index (χ4n) is 3.91. The zero-order valence-corrected chi connectivity index (χ0v) is 21.2. The predicted molar refractivity (Wildman–Crippen MR) is 125 cm³/mol. The van der Waals surface area contributed by atoms with Crippen molar-refractivity contribution >= 4 is 43.6 Å². The molecule has 1 aliphatic rings. The van der Waals surface area contributed by atoms with Crippen LogP contribution in [0.4, 0.5) is 0 Å². The number of amides is 1. The molecular weight excluding hydrogens is 522 g/mol. The molecule has 2 heterocycles. The van der Waals surface area contributed by atoms with Crippen LogP contribution in [0.15, 0.2) is 41.0 Å². The van der Waals surface area contributed by atoms with Crippen LogP contribution in [-0.2, 0) is 25.6 Å². The summed E-state index contributed by atoms with van der Waals surface area (Å²) in [6, 6.07) is 10.2. The molecule has 0 N–H and O–H groups in total. The smallest absolute Gasteiger partial charge is 0.264 e. The van der Waals surface area contributed by atoms with Crippen LogP contribution >= 0.6 is 27.5 Å². The molecular formula is C21H25BrClN3O5S. The van der Waals surface area contributed by atoms with Crippen LogP contribution in [0.3, 0.4) is 0 Å². The molecule has 1 fully saturated rings. The van der Waals surface area contributed by atoms with Gasteiger partial charge in [0.05, 0.1) is 32.1 Å². The van der Waals surface area contributed by atoms with E-state index >= 15 is 0 Å². The summed E-state index contributed by atoms with van der Waals surface area (Å²) in [5, 5.41) is 0.271. The molecule has 1 aliphatic heterocycles. The van der Waals surface area contributed by atoms with Crippen molar-refractivity contribution in [1.29, 1.82) is 0 Å². The van der Waals surface area contributed by atoms with Crippen LogP contribution in [0, 0.1) is 0 Å². The van der Waals surface area contributed by atoms with Crippen molar-refractivity contribution in [2.45, 2.75) is 25.6 Å². The van der Waals surface area contributed by atoms with Gasteiger partial charge in [-0.15, -0.1) is 0 Å². The average molecular weight is 547 g/mol. The number of hydrogen-bond donors (Lipinski definition) is 0. The van der Waals surface area contributed by atoms with Gasteiger partial charge in [0.15, 0.2) is 0 Å². The highest BCUT2D eigenvalue weighted by molar-refractivity contribution is 9.10. The summed E-state index contributed by atoms with van der Waals surface area (Å²) in [6.45, 7) is 2.96. The topological polar surface area (TPSA) is 89.0 Å². The first-order chi connectivity index (χ1) is 15.1. The van der Waals surface area contributed by atoms with Crippen molar-refractivity contribution < 1.29 is 22.1 Å². The second-order valence-corrected chi connectivity index (χ2v) is 10.4. The molecule has 1 aromatic heterocycles. The molecule has 0 bridgehead atoms. The number of hydrogen-bond acceptors (Lipinski definition) is 7. The van der Waals surface area contributed by atoms with Gasteiger partial charge in [0, 0.05) is 26.6 Å². The highest BCUT2D eigenvalue weighted by Gasteiger charge is 2.40. The van der Waals surface area contributed by atoms with Crippen LogP contribution in [0.2, 0.25) is 5.15 Å². The number of benzene rings is 1. The van der Waals surface area contributed by atoms with E-state index in [4.69, 9.17) is 20.5 Å². The van der Waals surface area contributed by atoms with E-state index in [0.717, 1.165) is 23.1 Å². The molecule has 3 rings (SSSR count). The van der Waals surface area contributed by atoms with Crippen molar-refractivity contribution in [2.24, 2.45) is 0 Å². The molecule has 174 valence electrons. The zero-order valence-electron chi connectivity index (χ0n) is 18.0. The quantitative estimate of drug-likeness (QED) is 0.389. The molecule has 2 atom stereocenters. The molecule has 0 saturated carbocycles. The molecule has 1 amide bonds. The standard InChI is InChI=1S/C21H25BrClN3O5S/c1-14(27)26-9-8-25(12-15-4-6-17(30-2)7-5-15)18(13-31-32(3,28)29)21(26)16-10-19(22)24-20(23)11-16/h4-7,10-11,18,21H,8-9,12-13H2,1-3H3/t18-,21-/m0/s1. The third-order valence-corrected chi connectivity index (χ3v) is 6.49. The largest absolute Gasteiger partial charge is 0.497 e. The summed E-state index contributed by atoms with van der Waals surface area (Å²) >= 11 is 9.55. The van der Waals surface area contributed by atoms with Gasteiger partial charge in [-0.2, -0.15) is 8.42 Å². The van der Waals surface area contributed by atoms with Crippen molar-refractivity contribution in [2.75, 3.05) is 33.1 Å². The summed E-state index contributed by atoms with van der Waals surface area (Å²) in [4.78, 5) is 20.5. The Balaban J connectivity index is 2.00. The Morgan fingerprint density at radius 2 is 1.94 bits per heavy atom. The lowest BCUT2D eigenvalue weighted by atomic mass is 9.94. The first-order valence-corrected chi connectivity index (χ1v) is 12.9. The second-order valence-electron chi connectivity index (χ2n) is 7.58. The van der Waals surface area contributed by atoms with Crippen molar-refractivity contribution in [3.8, 4) is 5.75 Å². The first-order valence-electron chi connectivity index (χ1n) is 9.89. The normalized spacial score (nSPS) is 19.7. The summed E-state index contributed by atoms with van der Waals surface area (Å²) in [7, 11) is -2.07. The SMILES string of the molecule is COc1ccc(CN2CCN(C(C)=O)[C@@H](c3cc(Cl)nc(Br)c3)[C@@H]2COS(C)(=O)=O)cc1. The number of nitrogens with zero attached hydrogens (tertiary/aromatic N) is 3. The first kappa shape index (κ1) is 24.9. The number of pyridine rings is 1. The number of carbonyl (C=O) groups is 1. The second kappa shape index (κ2) is 10.5. The van der Waals surface area contributed by atoms with Gasteiger partial charge in [0.1, 0.15) is 15.5 Å². The van der Waals surface area contributed by atoms with Crippen LogP contribution in [-0.4, -0.2) is 68.2 Å². The van der Waals surface area contributed by atoms with Crippen molar-refractivity contribution in [3.63, 3.8) is 0 Å². The van der Waals surface area contributed by atoms with Crippen molar-refractivity contribution in [1.82, 2.24) is 14.8 Å². The summed E-state index contributed by atoms with van der Waals surface area (Å²) in [5.74, 6) is 0.633. The Hall–Kier alpha value is -1.72. The number of ether oxygens (including phenoxy) is 1. The number of carbonyl (C=O) groups excluding carboxylic acids is 1. The molecule has 1 aromatic carbocycles. The Morgan fingerprint density at radius 3 is 2.50 bits per heavy atom. The van der Waals surface area contributed by atoms with E-state index in [-0.39, 0.29) is 17.7 Å². The maximum atomic E-state index is 12.5. The zero-order chi connectivity index (χ0) is 23.5. The number of halogens is 2. The maximum absolute atomic E-state index is 12.5. The van der Waals surface area contributed by atoms with E-state index in [1.807, 2.05) is 24.3 Å². The summed E-state index contributed by atoms with van der Waals surface area (Å²) < 4.78 is 34.6. The van der Waals surface area contributed by atoms with E-state index in [1.54, 1.807) is 24.1 Å². The van der Waals surface area contributed by atoms with Gasteiger partial charge >= 0.3 is 0 Å². The van der Waals surface area contributed by atoms with Gasteiger partial charge in [-0.25, -0.2) is 4.98 Å². The minimum Gasteiger partial charge on any atom is -0.497 e. The Kier molecular flexibility index (Phi) is 8.16. The number of methoxy groups -OCH3 is 1. The van der Waals surface area contributed by atoms with Gasteiger partial charge in [-0.3, -0.25) is 13.9 Å². The number of rotatable bonds is 7. The average Bonchev–Trinajstić information content (AvgIpc) is 2.71. The van der Waals surface area contributed by atoms with E-state index in [1.165, 1.54) is 6.92 Å². The number of piperazine rings is 1. The molecule has 2 aromatic rings. The van der Waals surface area contributed by atoms with Crippen LogP contribution in [0.25, 0.3) is 0 Å². The van der Waals surface area contributed by atoms with Gasteiger partial charge < -0.3 is 9.64 Å². The maximum Gasteiger partial charge on any atom is 0.264 e. The summed E-state index contributed by atoms with van der Waals surface area (Å²) in [6.07, 6.45) is 1.02. The molecule has 1 saturated heterocycles. The molecule has 11 heteroatoms. The van der Waals surface area contributed by atoms with E-state index in [0.29, 0.717) is 24.2 Å². The van der Waals surface area contributed by atoms with E-state index in [9.17, 15) is 13.2 Å². The minimum absolute atomic E-state index is 0.110. The van der Waals surface area contributed by atoms with Gasteiger partial charge in [-0.05, 0) is 51.3 Å². The van der Waals surface area contributed by atoms with E-state index in [2.05, 4.69) is 25.8 Å². The van der Waals surface area contributed by atoms with Crippen LogP contribution < -0.4 is 4.74 Å². The van der Waals surface area contributed by atoms with Gasteiger partial charge in [-0.1, -0.05) is 23.7 Å².